The molecule has 0 fully saturated rings. The maximum absolute atomic E-state index is 13.2. The molecule has 0 spiro atoms. The summed E-state index contributed by atoms with van der Waals surface area (Å²) >= 11 is 0. The predicted octanol–water partition coefficient (Wildman–Crippen LogP) is 3.61. The van der Waals surface area contributed by atoms with E-state index in [-0.39, 0.29) is 17.4 Å². The zero-order chi connectivity index (χ0) is 14.5. The number of halogens is 1. The standard InChI is InChI=1S/C15H16FNO3/c1-3-4-8-12-13(15(18)19-2)17-14(20-12)10-6-5-7-11(16)9-10/h5-7,9H,3-4,8H2,1-2H3. The van der Waals surface area contributed by atoms with E-state index in [1.807, 2.05) is 6.92 Å². The van der Waals surface area contributed by atoms with Crippen molar-refractivity contribution in [3.8, 4) is 11.5 Å². The fraction of sp³-hybridized carbons (Fsp3) is 0.333. The molecule has 2 rings (SSSR count). The lowest BCUT2D eigenvalue weighted by atomic mass is 10.2. The maximum Gasteiger partial charge on any atom is 0.360 e. The van der Waals surface area contributed by atoms with E-state index in [9.17, 15) is 9.18 Å². The fourth-order valence-corrected chi connectivity index (χ4v) is 1.86. The van der Waals surface area contributed by atoms with E-state index < -0.39 is 5.97 Å². The molecule has 0 N–H and O–H groups in total. The summed E-state index contributed by atoms with van der Waals surface area (Å²) in [5, 5.41) is 0. The highest BCUT2D eigenvalue weighted by Crippen LogP contribution is 2.24. The van der Waals surface area contributed by atoms with Gasteiger partial charge in [-0.25, -0.2) is 14.2 Å². The molecule has 20 heavy (non-hydrogen) atoms. The molecule has 4 nitrogen and oxygen atoms in total. The highest BCUT2D eigenvalue weighted by atomic mass is 19.1. The van der Waals surface area contributed by atoms with Gasteiger partial charge >= 0.3 is 5.97 Å². The van der Waals surface area contributed by atoms with Crippen molar-refractivity contribution >= 4 is 5.97 Å². The van der Waals surface area contributed by atoms with Gasteiger partial charge in [-0.15, -0.1) is 0 Å². The lowest BCUT2D eigenvalue weighted by Crippen LogP contribution is -2.05. The average molecular weight is 277 g/mol. The average Bonchev–Trinajstić information content (AvgIpc) is 2.88. The first-order valence-corrected chi connectivity index (χ1v) is 6.49. The maximum atomic E-state index is 13.2. The van der Waals surface area contributed by atoms with Crippen molar-refractivity contribution in [2.75, 3.05) is 7.11 Å². The van der Waals surface area contributed by atoms with Gasteiger partial charge in [-0.2, -0.15) is 0 Å². The number of carbonyl (C=O) groups excluding carboxylic acids is 1. The van der Waals surface area contributed by atoms with Gasteiger partial charge in [-0.1, -0.05) is 19.4 Å². The Morgan fingerprint density at radius 2 is 2.25 bits per heavy atom. The number of oxazole rings is 1. The van der Waals surface area contributed by atoms with Crippen molar-refractivity contribution in [3.63, 3.8) is 0 Å². The van der Waals surface area contributed by atoms with Crippen LogP contribution in [0.3, 0.4) is 0 Å². The number of hydrogen-bond acceptors (Lipinski definition) is 4. The van der Waals surface area contributed by atoms with Gasteiger partial charge in [-0.3, -0.25) is 0 Å². The van der Waals surface area contributed by atoms with Gasteiger partial charge in [0, 0.05) is 12.0 Å². The highest BCUT2D eigenvalue weighted by molar-refractivity contribution is 5.88. The summed E-state index contributed by atoms with van der Waals surface area (Å²) in [4.78, 5) is 15.8. The van der Waals surface area contributed by atoms with Crippen LogP contribution < -0.4 is 0 Å². The van der Waals surface area contributed by atoms with Crippen molar-refractivity contribution in [2.45, 2.75) is 26.2 Å². The number of hydrogen-bond donors (Lipinski definition) is 0. The largest absolute Gasteiger partial charge is 0.464 e. The normalized spacial score (nSPS) is 10.6. The number of ether oxygens (including phenoxy) is 1. The molecule has 1 aromatic heterocycles. The van der Waals surface area contributed by atoms with Crippen LogP contribution in [0.15, 0.2) is 28.7 Å². The van der Waals surface area contributed by atoms with Crippen molar-refractivity contribution in [1.82, 2.24) is 4.98 Å². The minimum atomic E-state index is -0.539. The van der Waals surface area contributed by atoms with Gasteiger partial charge in [0.1, 0.15) is 11.6 Å². The van der Waals surface area contributed by atoms with E-state index in [0.717, 1.165) is 12.8 Å². The van der Waals surface area contributed by atoms with Crippen LogP contribution in [-0.2, 0) is 11.2 Å². The zero-order valence-corrected chi connectivity index (χ0v) is 11.5. The number of benzene rings is 1. The monoisotopic (exact) mass is 277 g/mol. The Morgan fingerprint density at radius 3 is 2.90 bits per heavy atom. The molecule has 0 radical (unpaired) electrons. The second-order valence-corrected chi connectivity index (χ2v) is 4.40. The van der Waals surface area contributed by atoms with Gasteiger partial charge in [0.15, 0.2) is 5.69 Å². The van der Waals surface area contributed by atoms with Crippen LogP contribution in [0.1, 0.15) is 36.0 Å². The van der Waals surface area contributed by atoms with Crippen LogP contribution in [-0.4, -0.2) is 18.1 Å². The van der Waals surface area contributed by atoms with E-state index in [2.05, 4.69) is 4.98 Å². The molecule has 0 bridgehead atoms. The third-order valence-corrected chi connectivity index (χ3v) is 2.91. The van der Waals surface area contributed by atoms with E-state index in [1.54, 1.807) is 12.1 Å². The van der Waals surface area contributed by atoms with Crippen LogP contribution in [0.5, 0.6) is 0 Å². The third kappa shape index (κ3) is 3.04. The van der Waals surface area contributed by atoms with E-state index in [1.165, 1.54) is 19.2 Å². The molecule has 2 aromatic rings. The minimum Gasteiger partial charge on any atom is -0.464 e. The van der Waals surface area contributed by atoms with Gasteiger partial charge in [-0.05, 0) is 24.6 Å². The molecular formula is C15H16FNO3. The van der Waals surface area contributed by atoms with E-state index in [0.29, 0.717) is 17.7 Å². The summed E-state index contributed by atoms with van der Waals surface area (Å²) in [6.45, 7) is 2.04. The van der Waals surface area contributed by atoms with E-state index in [4.69, 9.17) is 9.15 Å². The van der Waals surface area contributed by atoms with Crippen molar-refractivity contribution in [1.29, 1.82) is 0 Å². The lowest BCUT2D eigenvalue weighted by molar-refractivity contribution is 0.0592. The molecule has 1 aromatic carbocycles. The van der Waals surface area contributed by atoms with Gasteiger partial charge in [0.05, 0.1) is 7.11 Å². The number of rotatable bonds is 5. The summed E-state index contributed by atoms with van der Waals surface area (Å²) in [7, 11) is 1.29. The SMILES string of the molecule is CCCCc1oc(-c2cccc(F)c2)nc1C(=O)OC. The van der Waals surface area contributed by atoms with Crippen molar-refractivity contribution in [2.24, 2.45) is 0 Å². The number of esters is 1. The minimum absolute atomic E-state index is 0.167. The van der Waals surface area contributed by atoms with Crippen LogP contribution in [0.25, 0.3) is 11.5 Å². The number of aryl methyl sites for hydroxylation is 1. The molecule has 1 heterocycles. The Bertz CT molecular complexity index is 607. The van der Waals surface area contributed by atoms with Crippen LogP contribution in [0.2, 0.25) is 0 Å². The first-order chi connectivity index (χ1) is 9.65. The Kier molecular flexibility index (Phi) is 4.50. The van der Waals surface area contributed by atoms with Crippen LogP contribution >= 0.6 is 0 Å². The zero-order valence-electron chi connectivity index (χ0n) is 11.5. The first kappa shape index (κ1) is 14.2. The van der Waals surface area contributed by atoms with Gasteiger partial charge in [0.25, 0.3) is 0 Å². The van der Waals surface area contributed by atoms with E-state index >= 15 is 0 Å². The summed E-state index contributed by atoms with van der Waals surface area (Å²) in [6.07, 6.45) is 2.45. The molecule has 0 atom stereocenters. The number of unbranched alkanes of at least 4 members (excludes halogenated alkanes) is 1. The molecule has 0 unspecified atom stereocenters. The van der Waals surface area contributed by atoms with Crippen molar-refractivity contribution < 1.29 is 18.3 Å². The molecular weight excluding hydrogens is 261 g/mol. The molecule has 0 aliphatic rings. The molecule has 106 valence electrons. The number of nitrogens with zero attached hydrogens (tertiary/aromatic N) is 1. The highest BCUT2D eigenvalue weighted by Gasteiger charge is 2.21. The Labute approximate surface area is 116 Å². The quantitative estimate of drug-likeness (QED) is 0.783. The predicted molar refractivity (Wildman–Crippen MR) is 71.8 cm³/mol. The summed E-state index contributed by atoms with van der Waals surface area (Å²) in [6, 6.07) is 5.90. The van der Waals surface area contributed by atoms with Gasteiger partial charge in [0.2, 0.25) is 5.89 Å². The molecule has 0 saturated heterocycles. The summed E-state index contributed by atoms with van der Waals surface area (Å²) in [5.74, 6) is -0.202. The smallest absolute Gasteiger partial charge is 0.360 e. The third-order valence-electron chi connectivity index (χ3n) is 2.91. The molecule has 0 saturated carbocycles. The van der Waals surface area contributed by atoms with Crippen LogP contribution in [0.4, 0.5) is 4.39 Å². The summed E-state index contributed by atoms with van der Waals surface area (Å²) in [5.41, 5.74) is 0.665. The number of carbonyl (C=O) groups is 1. The van der Waals surface area contributed by atoms with Crippen molar-refractivity contribution in [3.05, 3.63) is 41.5 Å². The topological polar surface area (TPSA) is 52.3 Å². The molecule has 0 aliphatic carbocycles. The Morgan fingerprint density at radius 1 is 1.45 bits per heavy atom. The summed E-state index contributed by atoms with van der Waals surface area (Å²) < 4.78 is 23.5. The van der Waals surface area contributed by atoms with Gasteiger partial charge < -0.3 is 9.15 Å². The molecule has 5 heteroatoms. The second kappa shape index (κ2) is 6.32. The number of methoxy groups -OCH3 is 1. The lowest BCUT2D eigenvalue weighted by Gasteiger charge is -1.97. The van der Waals surface area contributed by atoms with Crippen LogP contribution in [0, 0.1) is 5.82 Å². The second-order valence-electron chi connectivity index (χ2n) is 4.40. The Hall–Kier alpha value is -2.17. The molecule has 0 aliphatic heterocycles. The molecule has 0 amide bonds. The number of aromatic nitrogens is 1. The Balaban J connectivity index is 2.40. The fourth-order valence-electron chi connectivity index (χ4n) is 1.86. The first-order valence-electron chi connectivity index (χ1n) is 6.49.